The number of aromatic nitrogens is 2. The molecule has 0 saturated heterocycles. The van der Waals surface area contributed by atoms with Crippen LogP contribution in [0.5, 0.6) is 5.75 Å². The lowest BCUT2D eigenvalue weighted by Crippen LogP contribution is -2.45. The molecule has 0 spiro atoms. The first-order valence-corrected chi connectivity index (χ1v) is 8.59. The zero-order valence-corrected chi connectivity index (χ0v) is 15.1. The molecule has 0 aliphatic carbocycles. The highest BCUT2D eigenvalue weighted by Gasteiger charge is 2.34. The predicted molar refractivity (Wildman–Crippen MR) is 95.0 cm³/mol. The predicted octanol–water partition coefficient (Wildman–Crippen LogP) is 4.32. The van der Waals surface area contributed by atoms with Gasteiger partial charge < -0.3 is 4.74 Å². The summed E-state index contributed by atoms with van der Waals surface area (Å²) in [7, 11) is 0. The van der Waals surface area contributed by atoms with Crippen LogP contribution in [-0.4, -0.2) is 27.8 Å². The first-order chi connectivity index (χ1) is 11.4. The summed E-state index contributed by atoms with van der Waals surface area (Å²) in [5.74, 6) is 1.24. The van der Waals surface area contributed by atoms with Crippen molar-refractivity contribution < 1.29 is 9.53 Å². The molecule has 0 N–H and O–H groups in total. The second-order valence-electron chi connectivity index (χ2n) is 6.55. The molecular formula is C18H22ClN3O2. The lowest BCUT2D eigenvalue weighted by atomic mass is 10.0. The summed E-state index contributed by atoms with van der Waals surface area (Å²) in [5, 5.41) is 4.87. The van der Waals surface area contributed by atoms with E-state index in [4.69, 9.17) is 16.3 Å². The molecule has 0 radical (unpaired) electrons. The summed E-state index contributed by atoms with van der Waals surface area (Å²) < 4.78 is 7.70. The first-order valence-electron chi connectivity index (χ1n) is 8.21. The van der Waals surface area contributed by atoms with Crippen molar-refractivity contribution in [3.8, 4) is 5.75 Å². The van der Waals surface area contributed by atoms with Crippen molar-refractivity contribution in [1.82, 2.24) is 9.78 Å². The zero-order chi connectivity index (χ0) is 17.4. The number of anilines is 1. The average molecular weight is 348 g/mol. The van der Waals surface area contributed by atoms with Gasteiger partial charge in [0.05, 0.1) is 23.9 Å². The van der Waals surface area contributed by atoms with Crippen LogP contribution in [0.4, 0.5) is 5.82 Å². The van der Waals surface area contributed by atoms with Crippen LogP contribution in [0.15, 0.2) is 30.5 Å². The fourth-order valence-corrected chi connectivity index (χ4v) is 3.39. The molecule has 0 saturated carbocycles. The second-order valence-corrected chi connectivity index (χ2v) is 6.99. The molecule has 3 rings (SSSR count). The van der Waals surface area contributed by atoms with E-state index in [0.29, 0.717) is 16.3 Å². The first kappa shape index (κ1) is 16.8. The molecule has 1 aliphatic rings. The Morgan fingerprint density at radius 3 is 2.75 bits per heavy atom. The van der Waals surface area contributed by atoms with E-state index >= 15 is 0 Å². The number of rotatable bonds is 3. The van der Waals surface area contributed by atoms with Crippen molar-refractivity contribution in [2.45, 2.75) is 52.3 Å². The van der Waals surface area contributed by atoms with E-state index in [1.165, 1.54) is 0 Å². The van der Waals surface area contributed by atoms with Gasteiger partial charge in [-0.15, -0.1) is 0 Å². The highest BCUT2D eigenvalue weighted by Crippen LogP contribution is 2.34. The molecule has 6 heteroatoms. The number of ether oxygens (including phenoxy) is 1. The molecule has 2 heterocycles. The Labute approximate surface area is 147 Å². The molecule has 2 aromatic rings. The monoisotopic (exact) mass is 347 g/mol. The third-order valence-electron chi connectivity index (χ3n) is 4.19. The van der Waals surface area contributed by atoms with Crippen molar-refractivity contribution >= 4 is 23.3 Å². The van der Waals surface area contributed by atoms with Crippen LogP contribution in [0.25, 0.3) is 0 Å². The second kappa shape index (κ2) is 6.48. The van der Waals surface area contributed by atoms with Crippen molar-refractivity contribution in [3.63, 3.8) is 0 Å². The number of hydrogen-bond donors (Lipinski definition) is 0. The fraction of sp³-hybridized carbons (Fsp3) is 0.444. The SMILES string of the molecule is CC(C)Oc1ccc(Cl)cc1C(=O)N1c2ccnn2[C@H](C)C[C@H]1C. The van der Waals surface area contributed by atoms with Crippen LogP contribution < -0.4 is 9.64 Å². The van der Waals surface area contributed by atoms with Gasteiger partial charge in [-0.1, -0.05) is 11.6 Å². The van der Waals surface area contributed by atoms with Gasteiger partial charge in [0.2, 0.25) is 0 Å². The molecule has 1 amide bonds. The highest BCUT2D eigenvalue weighted by molar-refractivity contribution is 6.31. The number of fused-ring (bicyclic) bond motifs is 1. The van der Waals surface area contributed by atoms with Gasteiger partial charge in [-0.05, 0) is 52.3 Å². The van der Waals surface area contributed by atoms with Gasteiger partial charge in [0.25, 0.3) is 5.91 Å². The lowest BCUT2D eigenvalue weighted by Gasteiger charge is -2.37. The Bertz CT molecular complexity index is 756. The standard InChI is InChI=1S/C18H22ClN3O2/c1-11(2)24-16-6-5-14(19)10-15(16)18(23)21-12(3)9-13(4)22-17(21)7-8-20-22/h5-8,10-13H,9H2,1-4H3/t12-,13-/m1/s1. The number of amides is 1. The molecule has 24 heavy (non-hydrogen) atoms. The number of nitrogens with zero attached hydrogens (tertiary/aromatic N) is 3. The molecule has 128 valence electrons. The van der Waals surface area contributed by atoms with E-state index < -0.39 is 0 Å². The molecule has 0 bridgehead atoms. The smallest absolute Gasteiger partial charge is 0.263 e. The van der Waals surface area contributed by atoms with Crippen molar-refractivity contribution in [2.24, 2.45) is 0 Å². The van der Waals surface area contributed by atoms with E-state index in [-0.39, 0.29) is 24.1 Å². The largest absolute Gasteiger partial charge is 0.490 e. The van der Waals surface area contributed by atoms with Crippen molar-refractivity contribution in [2.75, 3.05) is 4.90 Å². The summed E-state index contributed by atoms with van der Waals surface area (Å²) in [6.07, 6.45) is 2.55. The number of carbonyl (C=O) groups is 1. The van der Waals surface area contributed by atoms with E-state index in [9.17, 15) is 4.79 Å². The summed E-state index contributed by atoms with van der Waals surface area (Å²) in [6, 6.07) is 7.37. The summed E-state index contributed by atoms with van der Waals surface area (Å²) in [5.41, 5.74) is 0.477. The van der Waals surface area contributed by atoms with E-state index in [0.717, 1.165) is 12.2 Å². The Morgan fingerprint density at radius 1 is 1.29 bits per heavy atom. The van der Waals surface area contributed by atoms with Crippen LogP contribution >= 0.6 is 11.6 Å². The molecule has 1 aliphatic heterocycles. The third kappa shape index (κ3) is 3.00. The maximum Gasteiger partial charge on any atom is 0.263 e. The van der Waals surface area contributed by atoms with Gasteiger partial charge in [0, 0.05) is 17.1 Å². The van der Waals surface area contributed by atoms with E-state index in [2.05, 4.69) is 18.9 Å². The summed E-state index contributed by atoms with van der Waals surface area (Å²) >= 11 is 6.13. The molecule has 1 aromatic carbocycles. The lowest BCUT2D eigenvalue weighted by molar-refractivity contribution is 0.0961. The van der Waals surface area contributed by atoms with E-state index in [1.807, 2.05) is 24.6 Å². The van der Waals surface area contributed by atoms with Crippen molar-refractivity contribution in [3.05, 3.63) is 41.0 Å². The molecule has 2 atom stereocenters. The van der Waals surface area contributed by atoms with Crippen LogP contribution in [0.2, 0.25) is 5.02 Å². The normalized spacial score (nSPS) is 20.2. The van der Waals surface area contributed by atoms with Crippen LogP contribution in [0, 0.1) is 0 Å². The fourth-order valence-electron chi connectivity index (χ4n) is 3.22. The number of halogens is 1. The topological polar surface area (TPSA) is 47.4 Å². The van der Waals surface area contributed by atoms with Gasteiger partial charge in [-0.3, -0.25) is 9.69 Å². The number of hydrogen-bond acceptors (Lipinski definition) is 3. The molecule has 0 unspecified atom stereocenters. The molecular weight excluding hydrogens is 326 g/mol. The maximum absolute atomic E-state index is 13.3. The van der Waals surface area contributed by atoms with Crippen LogP contribution in [0.3, 0.4) is 0 Å². The number of benzene rings is 1. The zero-order valence-electron chi connectivity index (χ0n) is 14.4. The van der Waals surface area contributed by atoms with Gasteiger partial charge >= 0.3 is 0 Å². The summed E-state index contributed by atoms with van der Waals surface area (Å²) in [6.45, 7) is 8.03. The third-order valence-corrected chi connectivity index (χ3v) is 4.43. The van der Waals surface area contributed by atoms with E-state index in [1.54, 1.807) is 29.3 Å². The Morgan fingerprint density at radius 2 is 2.04 bits per heavy atom. The maximum atomic E-state index is 13.3. The minimum Gasteiger partial charge on any atom is -0.490 e. The molecule has 5 nitrogen and oxygen atoms in total. The Hall–Kier alpha value is -2.01. The minimum atomic E-state index is -0.116. The van der Waals surface area contributed by atoms with Gasteiger partial charge in [0.15, 0.2) is 0 Å². The van der Waals surface area contributed by atoms with Gasteiger partial charge in [0.1, 0.15) is 11.6 Å². The quantitative estimate of drug-likeness (QED) is 0.830. The highest BCUT2D eigenvalue weighted by atomic mass is 35.5. The Balaban J connectivity index is 2.04. The number of carbonyl (C=O) groups excluding carboxylic acids is 1. The average Bonchev–Trinajstić information content (AvgIpc) is 2.98. The van der Waals surface area contributed by atoms with Crippen LogP contribution in [-0.2, 0) is 0 Å². The molecule has 1 aromatic heterocycles. The van der Waals surface area contributed by atoms with Crippen LogP contribution in [0.1, 0.15) is 50.5 Å². The van der Waals surface area contributed by atoms with Gasteiger partial charge in [-0.25, -0.2) is 4.68 Å². The molecule has 0 fully saturated rings. The van der Waals surface area contributed by atoms with Crippen molar-refractivity contribution in [1.29, 1.82) is 0 Å². The van der Waals surface area contributed by atoms with Gasteiger partial charge in [-0.2, -0.15) is 5.10 Å². The Kier molecular flexibility index (Phi) is 4.54. The summed E-state index contributed by atoms with van der Waals surface area (Å²) in [4.78, 5) is 15.1. The minimum absolute atomic E-state index is 0.0259.